The minimum absolute atomic E-state index is 0.00921. The van der Waals surface area contributed by atoms with Crippen LogP contribution in [-0.4, -0.2) is 17.8 Å². The number of allylic oxidation sites excluding steroid dienone is 2. The van der Waals surface area contributed by atoms with Crippen molar-refractivity contribution in [3.05, 3.63) is 12.2 Å². The molecule has 2 bridgehead atoms. The van der Waals surface area contributed by atoms with Gasteiger partial charge >= 0.3 is 0 Å². The summed E-state index contributed by atoms with van der Waals surface area (Å²) in [4.78, 5) is 0. The first-order valence-corrected chi connectivity index (χ1v) is 4.36. The smallest absolute Gasteiger partial charge is 0.0585 e. The zero-order valence-electron chi connectivity index (χ0n) is 6.61. The fourth-order valence-electron chi connectivity index (χ4n) is 2.45. The van der Waals surface area contributed by atoms with Crippen LogP contribution in [0.15, 0.2) is 12.2 Å². The average Bonchev–Trinajstić information content (AvgIpc) is 2.62. The molecular formula is C9H15NO. The first kappa shape index (κ1) is 7.32. The van der Waals surface area contributed by atoms with Crippen molar-refractivity contribution < 1.29 is 5.11 Å². The van der Waals surface area contributed by atoms with Crippen LogP contribution in [-0.2, 0) is 0 Å². The third-order valence-electron chi connectivity index (χ3n) is 3.09. The van der Waals surface area contributed by atoms with E-state index in [2.05, 4.69) is 12.2 Å². The molecule has 4 atom stereocenters. The van der Waals surface area contributed by atoms with Gasteiger partial charge in [0.15, 0.2) is 0 Å². The predicted octanol–water partition coefficient (Wildman–Crippen LogP) is 0.518. The molecule has 2 aliphatic carbocycles. The number of hydrogen-bond acceptors (Lipinski definition) is 2. The van der Waals surface area contributed by atoms with E-state index in [0.717, 1.165) is 5.92 Å². The van der Waals surface area contributed by atoms with Gasteiger partial charge in [0.05, 0.1) is 6.61 Å². The standard InChI is InChI=1S/C9H15NO/c10-9(5-11)8-4-6-1-2-7(8)3-6/h1-2,6-9,11H,3-5,10H2/t6?,7?,8?,9-/m1/s1. The molecule has 0 aliphatic heterocycles. The average molecular weight is 153 g/mol. The Morgan fingerprint density at radius 3 is 2.73 bits per heavy atom. The Balaban J connectivity index is 2.02. The highest BCUT2D eigenvalue weighted by molar-refractivity contribution is 5.11. The molecule has 62 valence electrons. The summed E-state index contributed by atoms with van der Waals surface area (Å²) >= 11 is 0. The van der Waals surface area contributed by atoms with Gasteiger partial charge in [-0.2, -0.15) is 0 Å². The Morgan fingerprint density at radius 2 is 2.27 bits per heavy atom. The van der Waals surface area contributed by atoms with E-state index < -0.39 is 0 Å². The minimum atomic E-state index is 0.00921. The van der Waals surface area contributed by atoms with Crippen molar-refractivity contribution in [1.82, 2.24) is 0 Å². The topological polar surface area (TPSA) is 46.2 Å². The summed E-state index contributed by atoms with van der Waals surface area (Å²) in [7, 11) is 0. The molecule has 2 heteroatoms. The first-order valence-electron chi connectivity index (χ1n) is 4.36. The summed E-state index contributed by atoms with van der Waals surface area (Å²) < 4.78 is 0. The Hall–Kier alpha value is -0.340. The molecule has 3 unspecified atom stereocenters. The molecule has 2 aliphatic rings. The lowest BCUT2D eigenvalue weighted by Crippen LogP contribution is -2.35. The summed E-state index contributed by atoms with van der Waals surface area (Å²) in [5, 5.41) is 8.87. The third-order valence-corrected chi connectivity index (χ3v) is 3.09. The third kappa shape index (κ3) is 1.10. The van der Waals surface area contributed by atoms with Crippen molar-refractivity contribution in [2.75, 3.05) is 6.61 Å². The lowest BCUT2D eigenvalue weighted by Gasteiger charge is -2.23. The van der Waals surface area contributed by atoms with Crippen molar-refractivity contribution in [2.45, 2.75) is 18.9 Å². The van der Waals surface area contributed by atoms with Crippen molar-refractivity contribution >= 4 is 0 Å². The second-order valence-electron chi connectivity index (χ2n) is 3.79. The second-order valence-corrected chi connectivity index (χ2v) is 3.79. The molecule has 0 saturated heterocycles. The lowest BCUT2D eigenvalue weighted by molar-refractivity contribution is 0.211. The second kappa shape index (κ2) is 2.61. The van der Waals surface area contributed by atoms with Gasteiger partial charge in [0.2, 0.25) is 0 Å². The van der Waals surface area contributed by atoms with Crippen molar-refractivity contribution in [1.29, 1.82) is 0 Å². The van der Waals surface area contributed by atoms with Gasteiger partial charge in [-0.15, -0.1) is 0 Å². The fourth-order valence-corrected chi connectivity index (χ4v) is 2.45. The van der Waals surface area contributed by atoms with Crippen LogP contribution < -0.4 is 5.73 Å². The maximum Gasteiger partial charge on any atom is 0.0585 e. The number of fused-ring (bicyclic) bond motifs is 2. The Labute approximate surface area is 67.1 Å². The maximum atomic E-state index is 8.87. The molecular weight excluding hydrogens is 138 g/mol. The van der Waals surface area contributed by atoms with Gasteiger partial charge in [-0.1, -0.05) is 12.2 Å². The van der Waals surface area contributed by atoms with Crippen molar-refractivity contribution in [3.8, 4) is 0 Å². The van der Waals surface area contributed by atoms with Gasteiger partial charge in [0.25, 0.3) is 0 Å². The molecule has 1 saturated carbocycles. The summed E-state index contributed by atoms with van der Waals surface area (Å²) in [6.07, 6.45) is 7.04. The zero-order chi connectivity index (χ0) is 7.84. The molecule has 0 aromatic rings. The van der Waals surface area contributed by atoms with Gasteiger partial charge in [-0.25, -0.2) is 0 Å². The molecule has 0 amide bonds. The van der Waals surface area contributed by atoms with Gasteiger partial charge < -0.3 is 10.8 Å². The summed E-state index contributed by atoms with van der Waals surface area (Å²) in [5.41, 5.74) is 5.78. The van der Waals surface area contributed by atoms with Crippen LogP contribution in [0.25, 0.3) is 0 Å². The van der Waals surface area contributed by atoms with Crippen LogP contribution in [0, 0.1) is 17.8 Å². The molecule has 3 N–H and O–H groups in total. The molecule has 2 rings (SSSR count). The van der Waals surface area contributed by atoms with Gasteiger partial charge in [0, 0.05) is 6.04 Å². The summed E-state index contributed by atoms with van der Waals surface area (Å²) in [6.45, 7) is 0.141. The number of nitrogens with two attached hydrogens (primary N) is 1. The maximum absolute atomic E-state index is 8.87. The molecule has 0 aromatic carbocycles. The summed E-state index contributed by atoms with van der Waals surface area (Å²) in [5.74, 6) is 1.99. The van der Waals surface area contributed by atoms with Crippen LogP contribution in [0.2, 0.25) is 0 Å². The highest BCUT2D eigenvalue weighted by Crippen LogP contribution is 2.44. The highest BCUT2D eigenvalue weighted by Gasteiger charge is 2.38. The first-order chi connectivity index (χ1) is 5.31. The van der Waals surface area contributed by atoms with E-state index in [9.17, 15) is 0 Å². The van der Waals surface area contributed by atoms with E-state index in [4.69, 9.17) is 10.8 Å². The summed E-state index contributed by atoms with van der Waals surface area (Å²) in [6, 6.07) is 0.00921. The van der Waals surface area contributed by atoms with E-state index in [1.165, 1.54) is 12.8 Å². The van der Waals surface area contributed by atoms with E-state index >= 15 is 0 Å². The minimum Gasteiger partial charge on any atom is -0.395 e. The van der Waals surface area contributed by atoms with E-state index in [-0.39, 0.29) is 12.6 Å². The largest absolute Gasteiger partial charge is 0.395 e. The van der Waals surface area contributed by atoms with Gasteiger partial charge in [-0.05, 0) is 30.6 Å². The Kier molecular flexibility index (Phi) is 1.74. The normalized spacial score (nSPS) is 43.3. The Bertz CT molecular complexity index is 178. The number of aliphatic hydroxyl groups is 1. The number of aliphatic hydroxyl groups excluding tert-OH is 1. The molecule has 0 heterocycles. The Morgan fingerprint density at radius 1 is 1.45 bits per heavy atom. The number of hydrogen-bond donors (Lipinski definition) is 2. The number of rotatable bonds is 2. The van der Waals surface area contributed by atoms with Crippen molar-refractivity contribution in [3.63, 3.8) is 0 Å². The van der Waals surface area contributed by atoms with Crippen LogP contribution in [0.5, 0.6) is 0 Å². The molecule has 2 nitrogen and oxygen atoms in total. The van der Waals surface area contributed by atoms with Crippen LogP contribution in [0.3, 0.4) is 0 Å². The SMILES string of the molecule is N[C@H](CO)C1CC2C=CC1C2. The molecule has 0 radical (unpaired) electrons. The van der Waals surface area contributed by atoms with Crippen LogP contribution >= 0.6 is 0 Å². The van der Waals surface area contributed by atoms with E-state index in [1.807, 2.05) is 0 Å². The molecule has 0 spiro atoms. The molecule has 0 aromatic heterocycles. The monoisotopic (exact) mass is 153 g/mol. The quantitative estimate of drug-likeness (QED) is 0.568. The van der Waals surface area contributed by atoms with Gasteiger partial charge in [0.1, 0.15) is 0 Å². The zero-order valence-corrected chi connectivity index (χ0v) is 6.61. The van der Waals surface area contributed by atoms with Crippen molar-refractivity contribution in [2.24, 2.45) is 23.5 Å². The predicted molar refractivity (Wildman–Crippen MR) is 43.9 cm³/mol. The lowest BCUT2D eigenvalue weighted by atomic mass is 9.88. The van der Waals surface area contributed by atoms with E-state index in [1.54, 1.807) is 0 Å². The van der Waals surface area contributed by atoms with Crippen LogP contribution in [0.4, 0.5) is 0 Å². The van der Waals surface area contributed by atoms with Crippen LogP contribution in [0.1, 0.15) is 12.8 Å². The fraction of sp³-hybridized carbons (Fsp3) is 0.778. The molecule has 11 heavy (non-hydrogen) atoms. The molecule has 1 fully saturated rings. The van der Waals surface area contributed by atoms with Gasteiger partial charge in [-0.3, -0.25) is 0 Å². The highest BCUT2D eigenvalue weighted by atomic mass is 16.3. The van der Waals surface area contributed by atoms with E-state index in [0.29, 0.717) is 11.8 Å².